The first kappa shape index (κ1) is 13.1. The van der Waals surface area contributed by atoms with Gasteiger partial charge in [0.25, 0.3) is 0 Å². The van der Waals surface area contributed by atoms with Gasteiger partial charge in [-0.25, -0.2) is 4.39 Å². The van der Waals surface area contributed by atoms with Crippen LogP contribution in [0.15, 0.2) is 24.3 Å². The topological polar surface area (TPSA) is 21.3 Å². The molecule has 0 fully saturated rings. The smallest absolute Gasteiger partial charge is 0.123 e. The van der Waals surface area contributed by atoms with Crippen molar-refractivity contribution in [3.8, 4) is 0 Å². The normalized spacial score (nSPS) is 12.7. The van der Waals surface area contributed by atoms with Crippen LogP contribution >= 0.6 is 0 Å². The molecule has 1 atom stereocenters. The lowest BCUT2D eigenvalue weighted by atomic mass is 10.1. The van der Waals surface area contributed by atoms with Crippen LogP contribution in [-0.4, -0.2) is 19.8 Å². The van der Waals surface area contributed by atoms with Crippen molar-refractivity contribution in [2.45, 2.75) is 26.3 Å². The van der Waals surface area contributed by atoms with Crippen molar-refractivity contribution >= 4 is 0 Å². The number of hydrogen-bond acceptors (Lipinski definition) is 2. The first-order valence-corrected chi connectivity index (χ1v) is 5.80. The van der Waals surface area contributed by atoms with E-state index in [4.69, 9.17) is 4.74 Å². The summed E-state index contributed by atoms with van der Waals surface area (Å²) in [6.45, 7) is 6.40. The predicted octanol–water partition coefficient (Wildman–Crippen LogP) is 2.90. The molecule has 0 unspecified atom stereocenters. The van der Waals surface area contributed by atoms with Crippen LogP contribution in [0, 0.1) is 5.82 Å². The van der Waals surface area contributed by atoms with Crippen molar-refractivity contribution in [1.82, 2.24) is 5.32 Å². The number of benzene rings is 1. The van der Waals surface area contributed by atoms with Gasteiger partial charge in [-0.3, -0.25) is 0 Å². The second-order valence-electron chi connectivity index (χ2n) is 3.84. The van der Waals surface area contributed by atoms with Gasteiger partial charge in [-0.15, -0.1) is 0 Å². The van der Waals surface area contributed by atoms with Crippen molar-refractivity contribution in [3.05, 3.63) is 35.6 Å². The van der Waals surface area contributed by atoms with E-state index in [0.29, 0.717) is 6.61 Å². The largest absolute Gasteiger partial charge is 0.380 e. The van der Waals surface area contributed by atoms with Gasteiger partial charge in [0.1, 0.15) is 5.82 Å². The maximum Gasteiger partial charge on any atom is 0.123 e. The van der Waals surface area contributed by atoms with Gasteiger partial charge in [-0.05, 0) is 31.0 Å². The third-order valence-electron chi connectivity index (χ3n) is 2.39. The molecule has 0 radical (unpaired) electrons. The van der Waals surface area contributed by atoms with Gasteiger partial charge in [0, 0.05) is 19.2 Å². The van der Waals surface area contributed by atoms with E-state index in [2.05, 4.69) is 12.2 Å². The van der Waals surface area contributed by atoms with Crippen LogP contribution in [0.1, 0.15) is 31.9 Å². The summed E-state index contributed by atoms with van der Waals surface area (Å²) in [6, 6.07) is 6.83. The second kappa shape index (κ2) is 7.36. The number of nitrogens with one attached hydrogen (secondary N) is 1. The van der Waals surface area contributed by atoms with Crippen LogP contribution in [0.4, 0.5) is 4.39 Å². The van der Waals surface area contributed by atoms with Gasteiger partial charge in [-0.2, -0.15) is 0 Å². The summed E-state index contributed by atoms with van der Waals surface area (Å²) in [4.78, 5) is 0. The third-order valence-corrected chi connectivity index (χ3v) is 2.39. The Morgan fingerprint density at radius 1 is 1.38 bits per heavy atom. The standard InChI is InChI=1S/C13H20FNO/c1-3-8-16-9-7-15-11(2)12-5-4-6-13(14)10-12/h4-6,10-11,15H,3,7-9H2,1-2H3/t11-/m1/s1. The van der Waals surface area contributed by atoms with E-state index in [-0.39, 0.29) is 11.9 Å². The summed E-state index contributed by atoms with van der Waals surface area (Å²) in [5.74, 6) is -0.187. The van der Waals surface area contributed by atoms with E-state index in [9.17, 15) is 4.39 Å². The fourth-order valence-corrected chi connectivity index (χ4v) is 1.49. The Balaban J connectivity index is 2.27. The first-order valence-electron chi connectivity index (χ1n) is 5.80. The molecular formula is C13H20FNO. The minimum absolute atomic E-state index is 0.154. The average molecular weight is 225 g/mol. The Bertz CT molecular complexity index is 304. The molecule has 1 N–H and O–H groups in total. The van der Waals surface area contributed by atoms with Crippen LogP contribution in [0.2, 0.25) is 0 Å². The summed E-state index contributed by atoms with van der Waals surface area (Å²) in [5.41, 5.74) is 0.968. The van der Waals surface area contributed by atoms with Crippen LogP contribution in [0.3, 0.4) is 0 Å². The van der Waals surface area contributed by atoms with Crippen LogP contribution in [-0.2, 0) is 4.74 Å². The maximum absolute atomic E-state index is 13.0. The minimum Gasteiger partial charge on any atom is -0.380 e. The summed E-state index contributed by atoms with van der Waals surface area (Å²) < 4.78 is 18.3. The highest BCUT2D eigenvalue weighted by Crippen LogP contribution is 2.12. The zero-order chi connectivity index (χ0) is 11.8. The Morgan fingerprint density at radius 2 is 2.19 bits per heavy atom. The highest BCUT2D eigenvalue weighted by molar-refractivity contribution is 5.19. The lowest BCUT2D eigenvalue weighted by molar-refractivity contribution is 0.135. The molecule has 0 spiro atoms. The highest BCUT2D eigenvalue weighted by Gasteiger charge is 2.04. The molecule has 2 nitrogen and oxygen atoms in total. The second-order valence-corrected chi connectivity index (χ2v) is 3.84. The lowest BCUT2D eigenvalue weighted by Gasteiger charge is -2.14. The molecule has 0 saturated heterocycles. The van der Waals surface area contributed by atoms with Gasteiger partial charge >= 0.3 is 0 Å². The first-order chi connectivity index (χ1) is 7.74. The zero-order valence-electron chi connectivity index (χ0n) is 10.0. The van der Waals surface area contributed by atoms with E-state index in [0.717, 1.165) is 25.1 Å². The molecule has 0 bridgehead atoms. The van der Waals surface area contributed by atoms with Crippen molar-refractivity contribution in [2.75, 3.05) is 19.8 Å². The predicted molar refractivity (Wildman–Crippen MR) is 63.9 cm³/mol. The number of hydrogen-bond donors (Lipinski definition) is 1. The minimum atomic E-state index is -0.187. The summed E-state index contributed by atoms with van der Waals surface area (Å²) >= 11 is 0. The molecule has 0 aliphatic rings. The molecule has 0 aliphatic heterocycles. The number of ether oxygens (including phenoxy) is 1. The molecule has 0 amide bonds. The van der Waals surface area contributed by atoms with Gasteiger partial charge in [0.2, 0.25) is 0 Å². The van der Waals surface area contributed by atoms with Crippen LogP contribution in [0.25, 0.3) is 0 Å². The molecule has 90 valence electrons. The summed E-state index contributed by atoms with van der Waals surface area (Å²) in [7, 11) is 0. The quantitative estimate of drug-likeness (QED) is 0.720. The van der Waals surface area contributed by atoms with Crippen molar-refractivity contribution in [2.24, 2.45) is 0 Å². The van der Waals surface area contributed by atoms with E-state index in [1.54, 1.807) is 12.1 Å². The van der Waals surface area contributed by atoms with E-state index in [1.165, 1.54) is 6.07 Å². The van der Waals surface area contributed by atoms with Gasteiger partial charge < -0.3 is 10.1 Å². The third kappa shape index (κ3) is 4.73. The average Bonchev–Trinajstić information content (AvgIpc) is 2.28. The molecule has 0 heterocycles. The van der Waals surface area contributed by atoms with E-state index >= 15 is 0 Å². The summed E-state index contributed by atoms with van der Waals surface area (Å²) in [6.07, 6.45) is 1.04. The molecule has 1 aromatic carbocycles. The molecule has 0 aliphatic carbocycles. The fourth-order valence-electron chi connectivity index (χ4n) is 1.49. The summed E-state index contributed by atoms with van der Waals surface area (Å²) in [5, 5.41) is 3.29. The number of halogens is 1. The van der Waals surface area contributed by atoms with Gasteiger partial charge in [0.05, 0.1) is 6.61 Å². The number of rotatable bonds is 7. The van der Waals surface area contributed by atoms with Gasteiger partial charge in [0.15, 0.2) is 0 Å². The van der Waals surface area contributed by atoms with E-state index < -0.39 is 0 Å². The maximum atomic E-state index is 13.0. The Kier molecular flexibility index (Phi) is 6.04. The van der Waals surface area contributed by atoms with E-state index in [1.807, 2.05) is 13.0 Å². The molecular weight excluding hydrogens is 205 g/mol. The Hall–Kier alpha value is -0.930. The van der Waals surface area contributed by atoms with Gasteiger partial charge in [-0.1, -0.05) is 19.1 Å². The van der Waals surface area contributed by atoms with Crippen LogP contribution in [0.5, 0.6) is 0 Å². The molecule has 0 aromatic heterocycles. The molecule has 16 heavy (non-hydrogen) atoms. The fraction of sp³-hybridized carbons (Fsp3) is 0.538. The molecule has 1 rings (SSSR count). The van der Waals surface area contributed by atoms with Crippen molar-refractivity contribution in [3.63, 3.8) is 0 Å². The Morgan fingerprint density at radius 3 is 2.88 bits per heavy atom. The SMILES string of the molecule is CCCOCCN[C@H](C)c1cccc(F)c1. The highest BCUT2D eigenvalue weighted by atomic mass is 19.1. The zero-order valence-corrected chi connectivity index (χ0v) is 10.0. The Labute approximate surface area is 96.8 Å². The van der Waals surface area contributed by atoms with Crippen LogP contribution < -0.4 is 5.32 Å². The lowest BCUT2D eigenvalue weighted by Crippen LogP contribution is -2.23. The monoisotopic (exact) mass is 225 g/mol. The molecule has 3 heteroatoms. The molecule has 1 aromatic rings. The molecule has 0 saturated carbocycles. The van der Waals surface area contributed by atoms with Crippen molar-refractivity contribution in [1.29, 1.82) is 0 Å². The van der Waals surface area contributed by atoms with Crippen molar-refractivity contribution < 1.29 is 9.13 Å².